The summed E-state index contributed by atoms with van der Waals surface area (Å²) in [6, 6.07) is 4.46. The number of hydrogen-bond donors (Lipinski definition) is 0. The van der Waals surface area contributed by atoms with Crippen LogP contribution >= 0.6 is 0 Å². The molecular weight excluding hydrogens is 418 g/mol. The van der Waals surface area contributed by atoms with Crippen LogP contribution in [-0.4, -0.2) is 74.9 Å². The van der Waals surface area contributed by atoms with Crippen molar-refractivity contribution < 1.29 is 9.53 Å². The Bertz CT molecular complexity index is 1220. The largest absolute Gasteiger partial charge is 0.494 e. The average Bonchev–Trinajstić information content (AvgIpc) is 3.48. The number of nitriles is 1. The summed E-state index contributed by atoms with van der Waals surface area (Å²) in [5, 5.41) is 18.3. The minimum atomic E-state index is 0.0364. The maximum absolute atomic E-state index is 11.6. The van der Waals surface area contributed by atoms with Crippen molar-refractivity contribution in [2.24, 2.45) is 5.92 Å². The molecule has 0 radical (unpaired) electrons. The number of piperidine rings is 1. The van der Waals surface area contributed by atoms with Crippen molar-refractivity contribution in [3.8, 4) is 22.9 Å². The van der Waals surface area contributed by atoms with E-state index in [0.29, 0.717) is 28.8 Å². The molecule has 5 heterocycles. The topological polar surface area (TPSA) is 91.7 Å². The van der Waals surface area contributed by atoms with Gasteiger partial charge in [0.2, 0.25) is 5.91 Å². The molecule has 0 atom stereocenters. The highest BCUT2D eigenvalue weighted by Crippen LogP contribution is 2.31. The third-order valence-corrected chi connectivity index (χ3v) is 6.74. The lowest BCUT2D eigenvalue weighted by Gasteiger charge is -2.42. The molecule has 2 aliphatic rings. The first-order valence-corrected chi connectivity index (χ1v) is 11.2. The number of carbonyl (C=O) groups is 1. The molecule has 0 unspecified atom stereocenters. The Balaban J connectivity index is 1.22. The highest BCUT2D eigenvalue weighted by Gasteiger charge is 2.32. The summed E-state index contributed by atoms with van der Waals surface area (Å²) in [4.78, 5) is 16.0. The normalized spacial score (nSPS) is 17.6. The Morgan fingerprint density at radius 1 is 1.24 bits per heavy atom. The highest BCUT2D eigenvalue weighted by atomic mass is 16.5. The van der Waals surface area contributed by atoms with Gasteiger partial charge >= 0.3 is 0 Å². The molecule has 9 heteroatoms. The fourth-order valence-electron chi connectivity index (χ4n) is 4.89. The number of rotatable bonds is 6. The molecule has 0 saturated carbocycles. The predicted octanol–water partition coefficient (Wildman–Crippen LogP) is 2.36. The monoisotopic (exact) mass is 445 g/mol. The molecule has 0 spiro atoms. The van der Waals surface area contributed by atoms with Crippen molar-refractivity contribution in [2.75, 3.05) is 39.8 Å². The van der Waals surface area contributed by atoms with Crippen molar-refractivity contribution in [3.63, 3.8) is 0 Å². The van der Waals surface area contributed by atoms with Gasteiger partial charge in [-0.05, 0) is 25.0 Å². The Hall–Kier alpha value is -3.64. The van der Waals surface area contributed by atoms with E-state index in [-0.39, 0.29) is 5.91 Å². The van der Waals surface area contributed by atoms with Crippen LogP contribution < -0.4 is 4.74 Å². The Labute approximate surface area is 192 Å². The second kappa shape index (κ2) is 8.71. The van der Waals surface area contributed by atoms with Gasteiger partial charge in [0.25, 0.3) is 0 Å². The van der Waals surface area contributed by atoms with Crippen LogP contribution in [0.2, 0.25) is 0 Å². The predicted molar refractivity (Wildman–Crippen MR) is 123 cm³/mol. The lowest BCUT2D eigenvalue weighted by molar-refractivity contribution is -0.132. The average molecular weight is 446 g/mol. The van der Waals surface area contributed by atoms with E-state index in [0.717, 1.165) is 56.7 Å². The zero-order valence-corrected chi connectivity index (χ0v) is 18.7. The molecule has 5 rings (SSSR count). The Morgan fingerprint density at radius 3 is 2.73 bits per heavy atom. The van der Waals surface area contributed by atoms with Crippen LogP contribution in [0.1, 0.15) is 24.4 Å². The minimum Gasteiger partial charge on any atom is -0.494 e. The molecule has 0 bridgehead atoms. The van der Waals surface area contributed by atoms with Gasteiger partial charge in [-0.15, -0.1) is 0 Å². The van der Waals surface area contributed by atoms with Crippen molar-refractivity contribution in [1.82, 2.24) is 29.2 Å². The second-order valence-electron chi connectivity index (χ2n) is 8.81. The van der Waals surface area contributed by atoms with Crippen molar-refractivity contribution in [2.45, 2.75) is 18.9 Å². The van der Waals surface area contributed by atoms with Crippen LogP contribution in [0.5, 0.6) is 5.75 Å². The number of amides is 1. The van der Waals surface area contributed by atoms with Crippen LogP contribution in [-0.2, 0) is 4.79 Å². The maximum Gasteiger partial charge on any atom is 0.245 e. The lowest BCUT2D eigenvalue weighted by Crippen LogP contribution is -2.54. The van der Waals surface area contributed by atoms with E-state index in [1.54, 1.807) is 17.8 Å². The van der Waals surface area contributed by atoms with Crippen LogP contribution in [0.4, 0.5) is 0 Å². The van der Waals surface area contributed by atoms with Gasteiger partial charge in [0.15, 0.2) is 0 Å². The van der Waals surface area contributed by atoms with Gasteiger partial charge in [-0.2, -0.15) is 15.5 Å². The summed E-state index contributed by atoms with van der Waals surface area (Å²) < 4.78 is 9.28. The van der Waals surface area contributed by atoms with E-state index in [9.17, 15) is 10.1 Å². The van der Waals surface area contributed by atoms with Gasteiger partial charge in [-0.25, -0.2) is 4.52 Å². The number of fused-ring (bicyclic) bond motifs is 1. The fourth-order valence-corrected chi connectivity index (χ4v) is 4.89. The van der Waals surface area contributed by atoms with Gasteiger partial charge < -0.3 is 14.5 Å². The van der Waals surface area contributed by atoms with E-state index in [1.165, 1.54) is 6.08 Å². The van der Waals surface area contributed by atoms with Crippen LogP contribution in [0.3, 0.4) is 0 Å². The molecule has 0 aromatic carbocycles. The number of carbonyl (C=O) groups excluding carboxylic acids is 1. The highest BCUT2D eigenvalue weighted by molar-refractivity contribution is 5.87. The molecule has 3 aromatic heterocycles. The third-order valence-electron chi connectivity index (χ3n) is 6.74. The Kier molecular flexibility index (Phi) is 5.60. The zero-order chi connectivity index (χ0) is 22.9. The summed E-state index contributed by atoms with van der Waals surface area (Å²) in [5.41, 5.74) is 3.10. The first kappa shape index (κ1) is 21.2. The van der Waals surface area contributed by atoms with Crippen molar-refractivity contribution >= 4 is 11.4 Å². The molecule has 3 aromatic rings. The number of pyridine rings is 1. The van der Waals surface area contributed by atoms with E-state index in [4.69, 9.17) is 4.74 Å². The number of aromatic nitrogens is 4. The number of likely N-dealkylation sites (tertiary alicyclic amines) is 2. The third kappa shape index (κ3) is 3.98. The number of hydrogen-bond acceptors (Lipinski definition) is 6. The summed E-state index contributed by atoms with van der Waals surface area (Å²) in [5.74, 6) is 1.22. The summed E-state index contributed by atoms with van der Waals surface area (Å²) in [7, 11) is 1.60. The van der Waals surface area contributed by atoms with Gasteiger partial charge in [0, 0.05) is 62.2 Å². The molecule has 9 nitrogen and oxygen atoms in total. The standard InChI is InChI=1S/C24H27N7O2/c1-3-23(32)29-13-17(14-29)12-28-6-4-21(5-7-28)30-16-20(11-26-30)18-8-22(33-2)24-19(9-25)10-27-31(24)15-18/h3,8,10-11,15-17,21H,1,4-7,12-14H2,2H3. The van der Waals surface area contributed by atoms with E-state index < -0.39 is 0 Å². The van der Waals surface area contributed by atoms with Gasteiger partial charge in [0.1, 0.15) is 22.9 Å². The van der Waals surface area contributed by atoms with E-state index >= 15 is 0 Å². The minimum absolute atomic E-state index is 0.0364. The fraction of sp³-hybridized carbons (Fsp3) is 0.417. The molecule has 2 aliphatic heterocycles. The van der Waals surface area contributed by atoms with Crippen LogP contribution in [0, 0.1) is 17.2 Å². The maximum atomic E-state index is 11.6. The molecule has 2 saturated heterocycles. The van der Waals surface area contributed by atoms with Crippen LogP contribution in [0.25, 0.3) is 16.6 Å². The summed E-state index contributed by atoms with van der Waals surface area (Å²) >= 11 is 0. The quantitative estimate of drug-likeness (QED) is 0.541. The summed E-state index contributed by atoms with van der Waals surface area (Å²) in [6.07, 6.45) is 10.9. The Morgan fingerprint density at radius 2 is 2.03 bits per heavy atom. The van der Waals surface area contributed by atoms with E-state index in [1.807, 2.05) is 23.4 Å². The molecule has 170 valence electrons. The number of nitrogens with zero attached hydrogens (tertiary/aromatic N) is 7. The molecular formula is C24H27N7O2. The number of ether oxygens (including phenoxy) is 1. The lowest BCUT2D eigenvalue weighted by atomic mass is 9.97. The zero-order valence-electron chi connectivity index (χ0n) is 18.7. The first-order chi connectivity index (χ1) is 16.1. The number of methoxy groups -OCH3 is 1. The van der Waals surface area contributed by atoms with Crippen molar-refractivity contribution in [3.05, 3.63) is 49.1 Å². The smallest absolute Gasteiger partial charge is 0.245 e. The molecule has 33 heavy (non-hydrogen) atoms. The molecule has 0 aliphatic carbocycles. The van der Waals surface area contributed by atoms with Crippen molar-refractivity contribution in [1.29, 1.82) is 5.26 Å². The molecule has 0 N–H and O–H groups in total. The molecule has 2 fully saturated rings. The van der Waals surface area contributed by atoms with Gasteiger partial charge in [-0.1, -0.05) is 6.58 Å². The second-order valence-corrected chi connectivity index (χ2v) is 8.81. The summed E-state index contributed by atoms with van der Waals surface area (Å²) in [6.45, 7) is 8.36. The van der Waals surface area contributed by atoms with Crippen LogP contribution in [0.15, 0.2) is 43.5 Å². The van der Waals surface area contributed by atoms with Gasteiger partial charge in [-0.3, -0.25) is 9.48 Å². The first-order valence-electron chi connectivity index (χ1n) is 11.2. The molecule has 1 amide bonds. The van der Waals surface area contributed by atoms with E-state index in [2.05, 4.69) is 38.6 Å². The van der Waals surface area contributed by atoms with Gasteiger partial charge in [0.05, 0.1) is 25.5 Å². The SMILES string of the molecule is C=CC(=O)N1CC(CN2CCC(n3cc(-c4cc(OC)c5c(C#N)cnn5c4)cn3)CC2)C1.